The largest absolute Gasteiger partial charge is 0.506 e. The van der Waals surface area contributed by atoms with Gasteiger partial charge in [0.15, 0.2) is 5.71 Å². The molecule has 13 heteroatoms. The quantitative estimate of drug-likeness (QED) is 0.112. The molecule has 0 spiro atoms. The number of benzene rings is 3. The predicted octanol–water partition coefficient (Wildman–Crippen LogP) is 6.15. The summed E-state index contributed by atoms with van der Waals surface area (Å²) in [5.74, 6) is -2.81. The molecule has 2 aliphatic heterocycles. The highest BCUT2D eigenvalue weighted by Gasteiger charge is 2.41. The average Bonchev–Trinajstić information content (AvgIpc) is 3.34. The van der Waals surface area contributed by atoms with E-state index in [2.05, 4.69) is 15.8 Å². The van der Waals surface area contributed by atoms with E-state index in [0.29, 0.717) is 26.9 Å². The van der Waals surface area contributed by atoms with Crippen molar-refractivity contribution in [2.45, 2.75) is 20.0 Å². The van der Waals surface area contributed by atoms with Gasteiger partial charge in [-0.3, -0.25) is 19.9 Å². The number of nitrogens with zero attached hydrogens (tertiary/aromatic N) is 2. The van der Waals surface area contributed by atoms with Gasteiger partial charge in [0, 0.05) is 5.69 Å². The molecule has 0 saturated carbocycles. The number of alkyl halides is 3. The topological polar surface area (TPSA) is 94.0 Å². The summed E-state index contributed by atoms with van der Waals surface area (Å²) in [5.41, 5.74) is 2.46. The van der Waals surface area contributed by atoms with E-state index in [-0.39, 0.29) is 28.7 Å². The van der Waals surface area contributed by atoms with Gasteiger partial charge in [0.1, 0.15) is 15.9 Å². The van der Waals surface area contributed by atoms with Crippen LogP contribution < -0.4 is 15.6 Å². The minimum absolute atomic E-state index is 0.0278. The van der Waals surface area contributed by atoms with Crippen molar-refractivity contribution in [3.05, 3.63) is 87.1 Å². The van der Waals surface area contributed by atoms with Crippen LogP contribution in [0.1, 0.15) is 27.8 Å². The maximum atomic E-state index is 15.2. The van der Waals surface area contributed by atoms with E-state index in [1.807, 2.05) is 6.92 Å². The fourth-order valence-electron chi connectivity index (χ4n) is 4.14. The number of hydrogen-bond acceptors (Lipinski definition) is 7. The van der Waals surface area contributed by atoms with Gasteiger partial charge in [0.2, 0.25) is 0 Å². The number of nitrogens with one attached hydrogen (secondary N) is 2. The first-order valence-electron chi connectivity index (χ1n) is 11.6. The number of anilines is 3. The summed E-state index contributed by atoms with van der Waals surface area (Å²) in [6.07, 6.45) is -3.34. The van der Waals surface area contributed by atoms with Crippen LogP contribution in [0.25, 0.3) is 6.08 Å². The van der Waals surface area contributed by atoms with Crippen molar-refractivity contribution in [3.63, 3.8) is 0 Å². The van der Waals surface area contributed by atoms with Crippen LogP contribution >= 0.6 is 24.0 Å². The summed E-state index contributed by atoms with van der Waals surface area (Å²) < 4.78 is 56.0. The van der Waals surface area contributed by atoms with Gasteiger partial charge in [-0.25, -0.2) is 4.39 Å². The number of amides is 2. The minimum Gasteiger partial charge on any atom is -0.506 e. The van der Waals surface area contributed by atoms with Crippen molar-refractivity contribution in [1.82, 2.24) is 5.32 Å². The molecule has 3 aromatic rings. The number of thiocarbonyl (C=S) groups is 1. The third-order valence-electron chi connectivity index (χ3n) is 6.28. The SMILES string of the molecule is Cc1ccc(N2C(=O)/C(=N\Nc3ccc(/C=C4/SC(=S)NC4=O)cc3O)c3c(F)cc(C(F)(F)F)cc32)cc1C. The van der Waals surface area contributed by atoms with E-state index in [4.69, 9.17) is 12.2 Å². The number of rotatable bonds is 4. The molecular weight excluding hydrogens is 568 g/mol. The number of carbonyl (C=O) groups excluding carboxylic acids is 2. The van der Waals surface area contributed by atoms with Gasteiger partial charge < -0.3 is 10.4 Å². The molecule has 0 aliphatic carbocycles. The van der Waals surface area contributed by atoms with Crippen molar-refractivity contribution in [2.75, 3.05) is 10.3 Å². The van der Waals surface area contributed by atoms with E-state index in [1.54, 1.807) is 31.2 Å². The van der Waals surface area contributed by atoms with Gasteiger partial charge in [0.05, 0.1) is 27.4 Å². The van der Waals surface area contributed by atoms with Crippen LogP contribution in [0.2, 0.25) is 0 Å². The molecule has 2 aliphatic rings. The molecule has 40 heavy (non-hydrogen) atoms. The molecule has 1 fully saturated rings. The van der Waals surface area contributed by atoms with Gasteiger partial charge in [-0.2, -0.15) is 18.3 Å². The first-order valence-corrected chi connectivity index (χ1v) is 12.8. The Labute approximate surface area is 234 Å². The maximum absolute atomic E-state index is 15.2. The fraction of sp³-hybridized carbons (Fsp3) is 0.111. The summed E-state index contributed by atoms with van der Waals surface area (Å²) >= 11 is 6.02. The normalized spacial score (nSPS) is 17.1. The molecule has 3 aromatic carbocycles. The van der Waals surface area contributed by atoms with Gasteiger partial charge in [0.25, 0.3) is 11.8 Å². The maximum Gasteiger partial charge on any atom is 0.416 e. The first-order chi connectivity index (χ1) is 18.8. The molecule has 2 amide bonds. The van der Waals surface area contributed by atoms with Gasteiger partial charge in [-0.05, 0) is 73.0 Å². The fourth-order valence-corrected chi connectivity index (χ4v) is 5.18. The second-order valence-electron chi connectivity index (χ2n) is 8.96. The zero-order valence-corrected chi connectivity index (χ0v) is 22.3. The highest BCUT2D eigenvalue weighted by molar-refractivity contribution is 8.26. The number of aryl methyl sites for hydroxylation is 2. The van der Waals surface area contributed by atoms with E-state index in [0.717, 1.165) is 27.8 Å². The summed E-state index contributed by atoms with van der Waals surface area (Å²) in [6, 6.07) is 10.2. The summed E-state index contributed by atoms with van der Waals surface area (Å²) in [4.78, 5) is 26.7. The molecule has 0 radical (unpaired) electrons. The molecule has 2 heterocycles. The molecule has 204 valence electrons. The van der Waals surface area contributed by atoms with Gasteiger partial charge in [-0.15, -0.1) is 0 Å². The monoisotopic (exact) mass is 586 g/mol. The van der Waals surface area contributed by atoms with Crippen LogP contribution in [-0.4, -0.2) is 27.0 Å². The highest BCUT2D eigenvalue weighted by atomic mass is 32.2. The Balaban J connectivity index is 1.53. The van der Waals surface area contributed by atoms with Crippen molar-refractivity contribution in [3.8, 4) is 5.75 Å². The molecule has 0 unspecified atom stereocenters. The summed E-state index contributed by atoms with van der Waals surface area (Å²) in [5, 5.41) is 17.0. The zero-order valence-electron chi connectivity index (χ0n) is 20.7. The van der Waals surface area contributed by atoms with Crippen LogP contribution in [0.3, 0.4) is 0 Å². The van der Waals surface area contributed by atoms with E-state index in [9.17, 15) is 27.9 Å². The Bertz CT molecular complexity index is 1680. The molecule has 0 atom stereocenters. The zero-order chi connectivity index (χ0) is 28.9. The highest BCUT2D eigenvalue weighted by Crippen LogP contribution is 2.42. The van der Waals surface area contributed by atoms with Crippen LogP contribution in [0, 0.1) is 19.7 Å². The lowest BCUT2D eigenvalue weighted by molar-refractivity contribution is -0.137. The number of thioether (sulfide) groups is 1. The third-order valence-corrected chi connectivity index (χ3v) is 7.44. The molecule has 0 bridgehead atoms. The lowest BCUT2D eigenvalue weighted by Gasteiger charge is -2.19. The second-order valence-corrected chi connectivity index (χ2v) is 10.7. The Morgan fingerprint density at radius 3 is 2.45 bits per heavy atom. The Morgan fingerprint density at radius 1 is 1.07 bits per heavy atom. The molecule has 3 N–H and O–H groups in total. The van der Waals surface area contributed by atoms with Crippen LogP contribution in [-0.2, 0) is 15.8 Å². The molecule has 5 rings (SSSR count). The molecular formula is C27H18F4N4O3S2. The smallest absolute Gasteiger partial charge is 0.416 e. The van der Waals surface area contributed by atoms with Crippen molar-refractivity contribution in [2.24, 2.45) is 5.10 Å². The lowest BCUT2D eigenvalue weighted by atomic mass is 10.1. The Kier molecular flexibility index (Phi) is 6.88. The number of aromatic hydroxyl groups is 1. The van der Waals surface area contributed by atoms with E-state index in [1.165, 1.54) is 18.2 Å². The number of phenols is 1. The first kappa shape index (κ1) is 27.3. The average molecular weight is 587 g/mol. The number of phenolic OH excluding ortho intramolecular Hbond substituents is 1. The van der Waals surface area contributed by atoms with Crippen molar-refractivity contribution >= 4 is 69.0 Å². The van der Waals surface area contributed by atoms with Crippen LogP contribution in [0.5, 0.6) is 5.75 Å². The predicted molar refractivity (Wildman–Crippen MR) is 149 cm³/mol. The molecule has 0 aromatic heterocycles. The molecule has 1 saturated heterocycles. The number of fused-ring (bicyclic) bond motifs is 1. The van der Waals surface area contributed by atoms with Crippen LogP contribution in [0.15, 0.2) is 58.5 Å². The van der Waals surface area contributed by atoms with Crippen LogP contribution in [0.4, 0.5) is 34.6 Å². The van der Waals surface area contributed by atoms with Gasteiger partial charge >= 0.3 is 6.18 Å². The van der Waals surface area contributed by atoms with E-state index >= 15 is 4.39 Å². The number of hydrogen-bond donors (Lipinski definition) is 3. The standard InChI is InChI=1S/C27H18F4N4O3S2/c1-12-3-5-16(7-13(12)2)35-19-11-15(27(29,30)31)10-17(28)22(19)23(25(35)38)34-33-18-6-4-14(8-20(18)36)9-21-24(37)32-26(39)40-21/h3-11,33,36H,1-2H3,(H,32,37,39)/b21-9+,34-23-. The lowest BCUT2D eigenvalue weighted by Crippen LogP contribution is -2.26. The van der Waals surface area contributed by atoms with Crippen molar-refractivity contribution < 1.29 is 32.3 Å². The molecule has 7 nitrogen and oxygen atoms in total. The number of carbonyl (C=O) groups is 2. The minimum atomic E-state index is -4.85. The van der Waals surface area contributed by atoms with Gasteiger partial charge in [-0.1, -0.05) is 36.1 Å². The summed E-state index contributed by atoms with van der Waals surface area (Å²) in [7, 11) is 0. The second kappa shape index (κ2) is 10.1. The number of hydrazone groups is 1. The summed E-state index contributed by atoms with van der Waals surface area (Å²) in [6.45, 7) is 3.61. The number of halogens is 4. The Morgan fingerprint density at radius 2 is 1.82 bits per heavy atom. The van der Waals surface area contributed by atoms with E-state index < -0.39 is 34.7 Å². The third kappa shape index (κ3) is 5.05. The van der Waals surface area contributed by atoms with Crippen molar-refractivity contribution in [1.29, 1.82) is 0 Å². The Hall–Kier alpha value is -4.23.